The van der Waals surface area contributed by atoms with Crippen LogP contribution in [0.3, 0.4) is 0 Å². The van der Waals surface area contributed by atoms with Crippen molar-refractivity contribution in [2.24, 2.45) is 9.98 Å². The first-order chi connectivity index (χ1) is 13.0. The topological polar surface area (TPSA) is 40.0 Å². The van der Waals surface area contributed by atoms with Crippen molar-refractivity contribution in [3.8, 4) is 0 Å². The first-order valence-electron chi connectivity index (χ1n) is 9.30. The predicted molar refractivity (Wildman–Crippen MR) is 113 cm³/mol. The molecule has 1 aromatic rings. The molecule has 1 saturated heterocycles. The van der Waals surface area contributed by atoms with E-state index in [1.807, 2.05) is 19.9 Å². The molecule has 1 aliphatic heterocycles. The molecule has 1 N–H and O–H groups in total. The van der Waals surface area contributed by atoms with E-state index >= 15 is 0 Å². The first-order valence-corrected chi connectivity index (χ1v) is 9.68. The summed E-state index contributed by atoms with van der Waals surface area (Å²) < 4.78 is 13.3. The molecule has 0 unspecified atom stereocenters. The van der Waals surface area contributed by atoms with Crippen LogP contribution in [0.1, 0.15) is 32.3 Å². The predicted octanol–water partition coefficient (Wildman–Crippen LogP) is 4.53. The summed E-state index contributed by atoms with van der Waals surface area (Å²) in [7, 11) is 0. The molecule has 1 aromatic carbocycles. The number of hydrogen-bond donors (Lipinski definition) is 1. The minimum atomic E-state index is -0.183. The molecular formula is C21H28ClFN4. The number of allylic oxidation sites excluding steroid dienone is 1. The summed E-state index contributed by atoms with van der Waals surface area (Å²) >= 11 is 5.98. The van der Waals surface area contributed by atoms with Crippen molar-refractivity contribution in [1.29, 1.82) is 0 Å². The highest BCUT2D eigenvalue weighted by Gasteiger charge is 2.19. The second-order valence-corrected chi connectivity index (χ2v) is 7.24. The SMILES string of the molecule is C=C(/C=C(\C)Cl)C(=NC1CCN(Cc2cccc(F)c2)CC1)NC=NCC. The van der Waals surface area contributed by atoms with Gasteiger partial charge in [0, 0.05) is 36.8 Å². The van der Waals surface area contributed by atoms with E-state index in [0.717, 1.165) is 43.6 Å². The van der Waals surface area contributed by atoms with Crippen LogP contribution in [0.15, 0.2) is 57.5 Å². The van der Waals surface area contributed by atoms with Crippen molar-refractivity contribution >= 4 is 23.8 Å². The molecule has 6 heteroatoms. The number of piperidine rings is 1. The maximum Gasteiger partial charge on any atom is 0.133 e. The number of likely N-dealkylation sites (tertiary alicyclic amines) is 1. The molecule has 0 atom stereocenters. The molecule has 0 amide bonds. The Morgan fingerprint density at radius 1 is 1.41 bits per heavy atom. The third-order valence-electron chi connectivity index (χ3n) is 4.32. The minimum Gasteiger partial charge on any atom is -0.331 e. The van der Waals surface area contributed by atoms with Crippen molar-refractivity contribution in [1.82, 2.24) is 10.2 Å². The molecular weight excluding hydrogens is 363 g/mol. The van der Waals surface area contributed by atoms with E-state index in [0.29, 0.717) is 17.4 Å². The monoisotopic (exact) mass is 390 g/mol. The Morgan fingerprint density at radius 2 is 2.15 bits per heavy atom. The molecule has 0 radical (unpaired) electrons. The zero-order valence-corrected chi connectivity index (χ0v) is 16.8. The molecule has 1 fully saturated rings. The number of halogens is 2. The van der Waals surface area contributed by atoms with Gasteiger partial charge in [-0.25, -0.2) is 4.39 Å². The maximum absolute atomic E-state index is 13.3. The lowest BCUT2D eigenvalue weighted by Gasteiger charge is -2.30. The number of benzene rings is 1. The zero-order valence-electron chi connectivity index (χ0n) is 16.1. The lowest BCUT2D eigenvalue weighted by Crippen LogP contribution is -2.36. The fourth-order valence-corrected chi connectivity index (χ4v) is 3.13. The quantitative estimate of drug-likeness (QED) is 0.422. The molecule has 0 saturated carbocycles. The van der Waals surface area contributed by atoms with Crippen molar-refractivity contribution in [2.75, 3.05) is 19.6 Å². The van der Waals surface area contributed by atoms with Crippen LogP contribution in [-0.2, 0) is 6.54 Å². The molecule has 2 rings (SSSR count). The van der Waals surface area contributed by atoms with Gasteiger partial charge in [-0.1, -0.05) is 30.3 Å². The molecule has 0 bridgehead atoms. The molecule has 4 nitrogen and oxygen atoms in total. The Bertz CT molecular complexity index is 715. The fourth-order valence-electron chi connectivity index (χ4n) is 3.00. The van der Waals surface area contributed by atoms with Gasteiger partial charge in [-0.05, 0) is 50.5 Å². The van der Waals surface area contributed by atoms with E-state index in [4.69, 9.17) is 16.6 Å². The molecule has 0 aliphatic carbocycles. The van der Waals surface area contributed by atoms with Crippen LogP contribution in [0.25, 0.3) is 0 Å². The van der Waals surface area contributed by atoms with E-state index in [1.165, 1.54) is 6.07 Å². The number of hydrogen-bond acceptors (Lipinski definition) is 3. The maximum atomic E-state index is 13.3. The van der Waals surface area contributed by atoms with Gasteiger partial charge in [0.25, 0.3) is 0 Å². The summed E-state index contributed by atoms with van der Waals surface area (Å²) in [4.78, 5) is 11.4. The van der Waals surface area contributed by atoms with Gasteiger partial charge >= 0.3 is 0 Å². The summed E-state index contributed by atoms with van der Waals surface area (Å²) in [6.07, 6.45) is 5.34. The summed E-state index contributed by atoms with van der Waals surface area (Å²) in [5, 5.41) is 3.79. The summed E-state index contributed by atoms with van der Waals surface area (Å²) in [6.45, 7) is 11.2. The van der Waals surface area contributed by atoms with E-state index in [2.05, 4.69) is 21.8 Å². The Labute approximate surface area is 166 Å². The molecule has 0 aromatic heterocycles. The number of rotatable bonds is 7. The Balaban J connectivity index is 1.97. The van der Waals surface area contributed by atoms with Gasteiger partial charge in [0.05, 0.1) is 12.4 Å². The third kappa shape index (κ3) is 7.65. The lowest BCUT2D eigenvalue weighted by molar-refractivity contribution is 0.206. The number of amidine groups is 1. The standard InChI is InChI=1S/C21H28ClFN4/c1-4-24-15-25-21(16(2)12-17(3)22)26-20-8-10-27(11-9-20)14-18-6-5-7-19(23)13-18/h5-7,12-13,15,20H,2,4,8-11,14H2,1,3H3,(H,24,25,26)/b17-12+. The second-order valence-electron chi connectivity index (χ2n) is 6.64. The number of aliphatic imine (C=N–C) groups is 2. The Kier molecular flexibility index (Phi) is 8.69. The van der Waals surface area contributed by atoms with Gasteiger partial charge < -0.3 is 5.32 Å². The van der Waals surface area contributed by atoms with E-state index < -0.39 is 0 Å². The fraction of sp³-hybridized carbons (Fsp3) is 0.429. The van der Waals surface area contributed by atoms with Crippen LogP contribution in [-0.4, -0.2) is 42.8 Å². The van der Waals surface area contributed by atoms with E-state index in [1.54, 1.807) is 24.5 Å². The van der Waals surface area contributed by atoms with Crippen LogP contribution in [0.4, 0.5) is 4.39 Å². The highest BCUT2D eigenvalue weighted by atomic mass is 35.5. The van der Waals surface area contributed by atoms with Crippen molar-refractivity contribution < 1.29 is 4.39 Å². The van der Waals surface area contributed by atoms with Crippen molar-refractivity contribution in [3.63, 3.8) is 0 Å². The van der Waals surface area contributed by atoms with Gasteiger partial charge in [0.2, 0.25) is 0 Å². The first kappa shape index (κ1) is 21.3. The number of nitrogens with zero attached hydrogens (tertiary/aromatic N) is 3. The van der Waals surface area contributed by atoms with Crippen LogP contribution in [0.5, 0.6) is 0 Å². The van der Waals surface area contributed by atoms with Crippen LogP contribution < -0.4 is 5.32 Å². The van der Waals surface area contributed by atoms with Gasteiger partial charge in [0.1, 0.15) is 11.7 Å². The molecule has 1 aliphatic rings. The van der Waals surface area contributed by atoms with Gasteiger partial charge in [0.15, 0.2) is 0 Å². The molecule has 146 valence electrons. The normalized spacial score (nSPS) is 17.5. The van der Waals surface area contributed by atoms with E-state index in [9.17, 15) is 4.39 Å². The van der Waals surface area contributed by atoms with Crippen molar-refractivity contribution in [3.05, 3.63) is 58.9 Å². The summed E-state index contributed by atoms with van der Waals surface area (Å²) in [5.74, 6) is 0.522. The average Bonchev–Trinajstić information content (AvgIpc) is 2.62. The Hall–Kier alpha value is -1.98. The average molecular weight is 391 g/mol. The van der Waals surface area contributed by atoms with Gasteiger partial charge in [-0.3, -0.25) is 14.9 Å². The van der Waals surface area contributed by atoms with Crippen LogP contribution in [0.2, 0.25) is 0 Å². The van der Waals surface area contributed by atoms with Gasteiger partial charge in [-0.15, -0.1) is 0 Å². The third-order valence-corrected chi connectivity index (χ3v) is 4.43. The zero-order chi connectivity index (χ0) is 19.6. The highest BCUT2D eigenvalue weighted by molar-refractivity contribution is 6.29. The summed E-state index contributed by atoms with van der Waals surface area (Å²) in [5.41, 5.74) is 1.75. The van der Waals surface area contributed by atoms with Crippen LogP contribution >= 0.6 is 11.6 Å². The van der Waals surface area contributed by atoms with E-state index in [-0.39, 0.29) is 11.9 Å². The van der Waals surface area contributed by atoms with Crippen molar-refractivity contribution in [2.45, 2.75) is 39.3 Å². The molecule has 27 heavy (non-hydrogen) atoms. The number of nitrogens with one attached hydrogen (secondary N) is 1. The minimum absolute atomic E-state index is 0.183. The second kappa shape index (κ2) is 11.0. The largest absolute Gasteiger partial charge is 0.331 e. The summed E-state index contributed by atoms with van der Waals surface area (Å²) in [6, 6.07) is 7.02. The smallest absolute Gasteiger partial charge is 0.133 e. The van der Waals surface area contributed by atoms with Gasteiger partial charge in [-0.2, -0.15) is 0 Å². The lowest BCUT2D eigenvalue weighted by atomic mass is 10.0. The highest BCUT2D eigenvalue weighted by Crippen LogP contribution is 2.18. The molecule has 0 spiro atoms. The Morgan fingerprint density at radius 3 is 2.78 bits per heavy atom. The molecule has 1 heterocycles. The van der Waals surface area contributed by atoms with Crippen LogP contribution in [0, 0.1) is 5.82 Å².